The number of carbonyl (C=O) groups is 2. The van der Waals surface area contributed by atoms with Crippen LogP contribution >= 0.6 is 11.6 Å². The number of hydrogen-bond donors (Lipinski definition) is 3. The maximum absolute atomic E-state index is 13.3. The summed E-state index contributed by atoms with van der Waals surface area (Å²) < 4.78 is 53.1. The number of amides is 2. The molecule has 0 heterocycles. The van der Waals surface area contributed by atoms with Crippen LogP contribution in [-0.4, -0.2) is 26.8 Å². The summed E-state index contributed by atoms with van der Waals surface area (Å²) >= 11 is 5.83. The highest BCUT2D eigenvalue weighted by atomic mass is 35.5. The lowest BCUT2D eigenvalue weighted by atomic mass is 10.2. The van der Waals surface area contributed by atoms with Crippen molar-refractivity contribution in [3.05, 3.63) is 89.0 Å². The van der Waals surface area contributed by atoms with E-state index in [4.69, 9.17) is 11.6 Å². The van der Waals surface area contributed by atoms with Gasteiger partial charge in [-0.25, -0.2) is 17.2 Å². The fraction of sp³-hybridized carbons (Fsp3) is 0.0476. The van der Waals surface area contributed by atoms with Gasteiger partial charge < -0.3 is 10.6 Å². The van der Waals surface area contributed by atoms with Gasteiger partial charge >= 0.3 is 0 Å². The molecule has 0 aliphatic carbocycles. The number of anilines is 2. The van der Waals surface area contributed by atoms with Crippen LogP contribution in [0.25, 0.3) is 0 Å². The monoisotopic (exact) mass is 479 g/mol. The molecule has 0 fully saturated rings. The highest BCUT2D eigenvalue weighted by Crippen LogP contribution is 2.20. The van der Waals surface area contributed by atoms with Crippen molar-refractivity contribution >= 4 is 44.8 Å². The Morgan fingerprint density at radius 2 is 1.56 bits per heavy atom. The van der Waals surface area contributed by atoms with E-state index in [0.717, 1.165) is 6.07 Å². The zero-order chi connectivity index (χ0) is 23.3. The van der Waals surface area contributed by atoms with Gasteiger partial charge in [0.1, 0.15) is 0 Å². The molecule has 0 aromatic heterocycles. The number of hydrogen-bond acceptors (Lipinski definition) is 4. The number of benzene rings is 3. The maximum atomic E-state index is 13.3. The summed E-state index contributed by atoms with van der Waals surface area (Å²) in [5, 5.41) is 5.40. The van der Waals surface area contributed by atoms with Gasteiger partial charge in [0.15, 0.2) is 11.6 Å². The van der Waals surface area contributed by atoms with Gasteiger partial charge in [-0.1, -0.05) is 17.7 Å². The molecule has 0 aliphatic heterocycles. The molecule has 0 saturated heterocycles. The first-order chi connectivity index (χ1) is 15.1. The Kier molecular flexibility index (Phi) is 7.06. The first-order valence-electron chi connectivity index (χ1n) is 9.05. The molecule has 3 N–H and O–H groups in total. The van der Waals surface area contributed by atoms with Crippen LogP contribution in [0.1, 0.15) is 10.4 Å². The van der Waals surface area contributed by atoms with Crippen LogP contribution in [-0.2, 0) is 14.8 Å². The summed E-state index contributed by atoms with van der Waals surface area (Å²) in [7, 11) is -4.14. The SMILES string of the molecule is O=C(CNC(=O)c1cccc(Cl)c1)Nc1ccc(NS(=O)(=O)c2ccc(F)c(F)c2)cc1. The lowest BCUT2D eigenvalue weighted by Crippen LogP contribution is -2.32. The largest absolute Gasteiger partial charge is 0.343 e. The van der Waals surface area contributed by atoms with E-state index in [0.29, 0.717) is 28.4 Å². The van der Waals surface area contributed by atoms with Crippen LogP contribution in [0.2, 0.25) is 5.02 Å². The van der Waals surface area contributed by atoms with Crippen molar-refractivity contribution in [2.24, 2.45) is 0 Å². The lowest BCUT2D eigenvalue weighted by Gasteiger charge is -2.10. The third-order valence-corrected chi connectivity index (χ3v) is 5.73. The van der Waals surface area contributed by atoms with Crippen molar-refractivity contribution < 1.29 is 26.8 Å². The zero-order valence-electron chi connectivity index (χ0n) is 16.2. The van der Waals surface area contributed by atoms with Crippen molar-refractivity contribution in [1.82, 2.24) is 5.32 Å². The quantitative estimate of drug-likeness (QED) is 0.479. The van der Waals surface area contributed by atoms with Gasteiger partial charge in [0.25, 0.3) is 15.9 Å². The Hall–Kier alpha value is -3.50. The van der Waals surface area contributed by atoms with Gasteiger partial charge in [-0.15, -0.1) is 0 Å². The predicted octanol–water partition coefficient (Wildman–Crippen LogP) is 3.79. The molecule has 0 spiro atoms. The van der Waals surface area contributed by atoms with Crippen molar-refractivity contribution in [3.63, 3.8) is 0 Å². The average molecular weight is 480 g/mol. The molecule has 0 aliphatic rings. The number of rotatable bonds is 7. The molecular weight excluding hydrogens is 464 g/mol. The van der Waals surface area contributed by atoms with Crippen molar-refractivity contribution in [3.8, 4) is 0 Å². The Labute approximate surface area is 187 Å². The molecule has 0 radical (unpaired) electrons. The number of sulfonamides is 1. The van der Waals surface area contributed by atoms with Gasteiger partial charge in [0.2, 0.25) is 5.91 Å². The number of nitrogens with one attached hydrogen (secondary N) is 3. The summed E-state index contributed by atoms with van der Waals surface area (Å²) in [6, 6.07) is 14.1. The van der Waals surface area contributed by atoms with E-state index in [9.17, 15) is 26.8 Å². The summed E-state index contributed by atoms with van der Waals surface area (Å²) in [4.78, 5) is 23.6. The highest BCUT2D eigenvalue weighted by molar-refractivity contribution is 7.92. The van der Waals surface area contributed by atoms with Gasteiger partial charge in [-0.05, 0) is 60.7 Å². The third-order valence-electron chi connectivity index (χ3n) is 4.12. The zero-order valence-corrected chi connectivity index (χ0v) is 17.8. The average Bonchev–Trinajstić information content (AvgIpc) is 2.75. The first kappa shape index (κ1) is 23.2. The highest BCUT2D eigenvalue weighted by Gasteiger charge is 2.17. The fourth-order valence-corrected chi connectivity index (χ4v) is 3.84. The fourth-order valence-electron chi connectivity index (χ4n) is 2.58. The molecule has 166 valence electrons. The van der Waals surface area contributed by atoms with Crippen LogP contribution in [0, 0.1) is 11.6 Å². The molecule has 3 aromatic rings. The summed E-state index contributed by atoms with van der Waals surface area (Å²) in [5.41, 5.74) is 0.799. The van der Waals surface area contributed by atoms with Crippen LogP contribution < -0.4 is 15.4 Å². The van der Waals surface area contributed by atoms with Crippen molar-refractivity contribution in [1.29, 1.82) is 0 Å². The summed E-state index contributed by atoms with van der Waals surface area (Å²) in [5.74, 6) is -3.42. The Balaban J connectivity index is 1.56. The predicted molar refractivity (Wildman–Crippen MR) is 116 cm³/mol. The minimum absolute atomic E-state index is 0.141. The molecule has 0 bridgehead atoms. The van der Waals surface area contributed by atoms with E-state index in [1.807, 2.05) is 0 Å². The smallest absolute Gasteiger partial charge is 0.261 e. The van der Waals surface area contributed by atoms with E-state index < -0.39 is 38.4 Å². The van der Waals surface area contributed by atoms with Gasteiger partial charge in [-0.2, -0.15) is 0 Å². The van der Waals surface area contributed by atoms with Crippen LogP contribution in [0.5, 0.6) is 0 Å². The molecule has 0 saturated carbocycles. The summed E-state index contributed by atoms with van der Waals surface area (Å²) in [6.45, 7) is -0.296. The van der Waals surface area contributed by atoms with E-state index >= 15 is 0 Å². The Bertz CT molecular complexity index is 1270. The number of carbonyl (C=O) groups excluding carboxylic acids is 2. The normalized spacial score (nSPS) is 11.0. The molecule has 11 heteroatoms. The number of halogens is 3. The van der Waals surface area contributed by atoms with Crippen molar-refractivity contribution in [2.45, 2.75) is 4.90 Å². The van der Waals surface area contributed by atoms with E-state index in [2.05, 4.69) is 15.4 Å². The second-order valence-corrected chi connectivity index (χ2v) is 8.62. The minimum Gasteiger partial charge on any atom is -0.343 e. The second kappa shape index (κ2) is 9.75. The maximum Gasteiger partial charge on any atom is 0.261 e. The molecule has 32 heavy (non-hydrogen) atoms. The van der Waals surface area contributed by atoms with Crippen LogP contribution in [0.15, 0.2) is 71.6 Å². The van der Waals surface area contributed by atoms with Gasteiger partial charge in [0, 0.05) is 22.0 Å². The molecule has 7 nitrogen and oxygen atoms in total. The molecular formula is C21H16ClF2N3O4S. The molecule has 3 rings (SSSR count). The minimum atomic E-state index is -4.14. The van der Waals surface area contributed by atoms with Crippen LogP contribution in [0.3, 0.4) is 0 Å². The second-order valence-electron chi connectivity index (χ2n) is 6.50. The molecule has 0 unspecified atom stereocenters. The van der Waals surface area contributed by atoms with E-state index in [1.54, 1.807) is 18.2 Å². The van der Waals surface area contributed by atoms with E-state index in [1.165, 1.54) is 30.3 Å². The van der Waals surface area contributed by atoms with Crippen LogP contribution in [0.4, 0.5) is 20.2 Å². The lowest BCUT2D eigenvalue weighted by molar-refractivity contribution is -0.115. The summed E-state index contributed by atoms with van der Waals surface area (Å²) in [6.07, 6.45) is 0. The Morgan fingerprint density at radius 3 is 2.22 bits per heavy atom. The first-order valence-corrected chi connectivity index (χ1v) is 10.9. The van der Waals surface area contributed by atoms with Gasteiger partial charge in [-0.3, -0.25) is 14.3 Å². The van der Waals surface area contributed by atoms with Gasteiger partial charge in [0.05, 0.1) is 11.4 Å². The topological polar surface area (TPSA) is 104 Å². The van der Waals surface area contributed by atoms with E-state index in [-0.39, 0.29) is 12.2 Å². The van der Waals surface area contributed by atoms with Crippen molar-refractivity contribution in [2.75, 3.05) is 16.6 Å². The third kappa shape index (κ3) is 6.02. The molecule has 2 amide bonds. The molecule has 0 atom stereocenters. The molecule has 3 aromatic carbocycles. The Morgan fingerprint density at radius 1 is 0.875 bits per heavy atom. The standard InChI is InChI=1S/C21H16ClF2N3O4S/c22-14-3-1-2-13(10-14)21(29)25-12-20(28)26-15-4-6-16(7-5-15)27-32(30,31)17-8-9-18(23)19(24)11-17/h1-11,27H,12H2,(H,25,29)(H,26,28).